The molecule has 1 fully saturated rings. The fourth-order valence-electron chi connectivity index (χ4n) is 4.81. The van der Waals surface area contributed by atoms with E-state index in [0.29, 0.717) is 35.7 Å². The maximum absolute atomic E-state index is 6.56. The summed E-state index contributed by atoms with van der Waals surface area (Å²) in [7, 11) is 3.37. The number of aromatic amines is 1. The molecule has 5 rings (SSSR count). The summed E-state index contributed by atoms with van der Waals surface area (Å²) < 4.78 is 23.8. The number of aryl methyl sites for hydroxylation is 1. The van der Waals surface area contributed by atoms with Crippen molar-refractivity contribution in [2.75, 3.05) is 33.9 Å². The van der Waals surface area contributed by atoms with Gasteiger partial charge in [0.1, 0.15) is 18.2 Å². The molecular weight excluding hydrogens is 444 g/mol. The van der Waals surface area contributed by atoms with E-state index >= 15 is 0 Å². The Morgan fingerprint density at radius 1 is 1.03 bits per heavy atom. The maximum Gasteiger partial charge on any atom is 0.230 e. The van der Waals surface area contributed by atoms with Gasteiger partial charge in [-0.15, -0.1) is 0 Å². The van der Waals surface area contributed by atoms with E-state index < -0.39 is 0 Å². The van der Waals surface area contributed by atoms with Gasteiger partial charge in [-0.05, 0) is 69.1 Å². The van der Waals surface area contributed by atoms with E-state index in [1.54, 1.807) is 14.2 Å². The first kappa shape index (κ1) is 23.4. The monoisotopic (exact) mass is 476 g/mol. The normalized spacial score (nSPS) is 15.4. The lowest BCUT2D eigenvalue weighted by molar-refractivity contribution is 0.0701. The number of ether oxygens (including phenoxy) is 4. The predicted octanol–water partition coefficient (Wildman–Crippen LogP) is 5.00. The molecule has 8 nitrogen and oxygen atoms in total. The molecule has 1 aliphatic rings. The van der Waals surface area contributed by atoms with Crippen LogP contribution in [0.2, 0.25) is 0 Å². The highest BCUT2D eigenvalue weighted by atomic mass is 16.5. The van der Waals surface area contributed by atoms with Crippen molar-refractivity contribution >= 4 is 21.8 Å². The summed E-state index contributed by atoms with van der Waals surface area (Å²) in [6.45, 7) is 4.70. The van der Waals surface area contributed by atoms with Gasteiger partial charge < -0.3 is 29.2 Å². The second kappa shape index (κ2) is 10.5. The van der Waals surface area contributed by atoms with Crippen LogP contribution in [-0.4, -0.2) is 55.0 Å². The second-order valence-corrected chi connectivity index (χ2v) is 9.03. The van der Waals surface area contributed by atoms with E-state index in [1.807, 2.05) is 37.3 Å². The molecule has 1 unspecified atom stereocenters. The van der Waals surface area contributed by atoms with Crippen LogP contribution < -0.4 is 19.5 Å². The van der Waals surface area contributed by atoms with Gasteiger partial charge in [-0.3, -0.25) is 0 Å². The standard InChI is InChI=1S/C27H32N4O4/c1-17-12-19-13-20(4-5-22(19)31-17)34-27-21-14-25(33-3)26(15-23(21)29-16-30-27)35-24(8-11-32-2)18-6-9-28-10-7-18/h4-5,12-16,18,24,28,31H,6-11H2,1-3H3. The van der Waals surface area contributed by atoms with Crippen molar-refractivity contribution in [1.82, 2.24) is 20.3 Å². The molecule has 2 aromatic heterocycles. The maximum atomic E-state index is 6.56. The number of aromatic nitrogens is 3. The fraction of sp³-hybridized carbons (Fsp3) is 0.407. The highest BCUT2D eigenvalue weighted by molar-refractivity contribution is 5.87. The Hall–Kier alpha value is -3.36. The van der Waals surface area contributed by atoms with Gasteiger partial charge >= 0.3 is 0 Å². The number of methoxy groups -OCH3 is 2. The van der Waals surface area contributed by atoms with Crippen LogP contribution in [0.3, 0.4) is 0 Å². The van der Waals surface area contributed by atoms with Crippen LogP contribution in [0, 0.1) is 12.8 Å². The highest BCUT2D eigenvalue weighted by Crippen LogP contribution is 2.38. The van der Waals surface area contributed by atoms with Crippen molar-refractivity contribution in [2.24, 2.45) is 5.92 Å². The zero-order valence-corrected chi connectivity index (χ0v) is 20.5. The van der Waals surface area contributed by atoms with E-state index in [4.69, 9.17) is 18.9 Å². The van der Waals surface area contributed by atoms with Crippen LogP contribution in [0.25, 0.3) is 21.8 Å². The smallest absolute Gasteiger partial charge is 0.230 e. The van der Waals surface area contributed by atoms with Crippen molar-refractivity contribution in [2.45, 2.75) is 32.3 Å². The van der Waals surface area contributed by atoms with Crippen molar-refractivity contribution in [3.63, 3.8) is 0 Å². The minimum absolute atomic E-state index is 0.0393. The summed E-state index contributed by atoms with van der Waals surface area (Å²) in [4.78, 5) is 12.2. The third-order valence-electron chi connectivity index (χ3n) is 6.62. The quantitative estimate of drug-likeness (QED) is 0.351. The first-order chi connectivity index (χ1) is 17.1. The summed E-state index contributed by atoms with van der Waals surface area (Å²) in [6.07, 6.45) is 4.53. The SMILES string of the molecule is COCCC(Oc1cc2ncnc(Oc3ccc4[nH]c(C)cc4c3)c2cc1OC)C1CCNCC1. The molecule has 2 aromatic carbocycles. The van der Waals surface area contributed by atoms with Gasteiger partial charge in [0.15, 0.2) is 11.5 Å². The lowest BCUT2D eigenvalue weighted by Gasteiger charge is -2.31. The number of nitrogens with zero attached hydrogens (tertiary/aromatic N) is 2. The van der Waals surface area contributed by atoms with Crippen LogP contribution >= 0.6 is 0 Å². The van der Waals surface area contributed by atoms with Gasteiger partial charge in [-0.2, -0.15) is 0 Å². The summed E-state index contributed by atoms with van der Waals surface area (Å²) in [5.74, 6) is 2.95. The average Bonchev–Trinajstić information content (AvgIpc) is 3.26. The Morgan fingerprint density at radius 3 is 2.69 bits per heavy atom. The Bertz CT molecular complexity index is 1300. The van der Waals surface area contributed by atoms with E-state index in [2.05, 4.69) is 26.3 Å². The molecule has 0 aliphatic carbocycles. The van der Waals surface area contributed by atoms with Gasteiger partial charge in [-0.1, -0.05) is 0 Å². The molecule has 1 aliphatic heterocycles. The molecule has 1 atom stereocenters. The molecule has 4 aromatic rings. The Morgan fingerprint density at radius 2 is 1.89 bits per heavy atom. The Balaban J connectivity index is 1.45. The van der Waals surface area contributed by atoms with Gasteiger partial charge in [0, 0.05) is 42.8 Å². The average molecular weight is 477 g/mol. The molecule has 2 N–H and O–H groups in total. The summed E-state index contributed by atoms with van der Waals surface area (Å²) in [5, 5.41) is 5.28. The zero-order chi connectivity index (χ0) is 24.2. The molecule has 8 heteroatoms. The van der Waals surface area contributed by atoms with Crippen LogP contribution in [0.5, 0.6) is 23.1 Å². The summed E-state index contributed by atoms with van der Waals surface area (Å²) in [5.41, 5.74) is 2.91. The van der Waals surface area contributed by atoms with E-state index in [1.165, 1.54) is 6.33 Å². The number of H-pyrrole nitrogens is 1. The lowest BCUT2D eigenvalue weighted by atomic mass is 9.90. The largest absolute Gasteiger partial charge is 0.493 e. The van der Waals surface area contributed by atoms with Crippen LogP contribution in [-0.2, 0) is 4.74 Å². The van der Waals surface area contributed by atoms with Crippen LogP contribution in [0.15, 0.2) is 42.7 Å². The van der Waals surface area contributed by atoms with Gasteiger partial charge in [0.05, 0.1) is 18.0 Å². The third kappa shape index (κ3) is 5.18. The predicted molar refractivity (Wildman–Crippen MR) is 136 cm³/mol. The first-order valence-corrected chi connectivity index (χ1v) is 12.1. The van der Waals surface area contributed by atoms with E-state index in [9.17, 15) is 0 Å². The third-order valence-corrected chi connectivity index (χ3v) is 6.62. The van der Waals surface area contributed by atoms with Gasteiger partial charge in [0.25, 0.3) is 0 Å². The number of hydrogen-bond donors (Lipinski definition) is 2. The van der Waals surface area contributed by atoms with Crippen molar-refractivity contribution in [3.8, 4) is 23.1 Å². The molecule has 0 radical (unpaired) electrons. The number of fused-ring (bicyclic) bond motifs is 2. The van der Waals surface area contributed by atoms with Gasteiger partial charge in [0.2, 0.25) is 5.88 Å². The molecule has 3 heterocycles. The van der Waals surface area contributed by atoms with Crippen molar-refractivity contribution in [3.05, 3.63) is 48.4 Å². The van der Waals surface area contributed by atoms with Crippen LogP contribution in [0.1, 0.15) is 25.0 Å². The number of benzene rings is 2. The molecule has 0 bridgehead atoms. The van der Waals surface area contributed by atoms with E-state index in [0.717, 1.165) is 59.9 Å². The first-order valence-electron chi connectivity index (χ1n) is 12.1. The molecule has 0 saturated carbocycles. The Labute approximate surface area is 205 Å². The minimum atomic E-state index is 0.0393. The lowest BCUT2D eigenvalue weighted by Crippen LogP contribution is -2.37. The molecule has 0 spiro atoms. The number of piperidine rings is 1. The van der Waals surface area contributed by atoms with E-state index in [-0.39, 0.29) is 6.10 Å². The number of nitrogens with one attached hydrogen (secondary N) is 2. The minimum Gasteiger partial charge on any atom is -0.493 e. The summed E-state index contributed by atoms with van der Waals surface area (Å²) in [6, 6.07) is 11.8. The van der Waals surface area contributed by atoms with Crippen molar-refractivity contribution < 1.29 is 18.9 Å². The van der Waals surface area contributed by atoms with Gasteiger partial charge in [-0.25, -0.2) is 9.97 Å². The summed E-state index contributed by atoms with van der Waals surface area (Å²) >= 11 is 0. The fourth-order valence-corrected chi connectivity index (χ4v) is 4.81. The molecule has 184 valence electrons. The molecule has 35 heavy (non-hydrogen) atoms. The topological polar surface area (TPSA) is 90.5 Å². The Kier molecular flexibility index (Phi) is 7.01. The number of hydrogen-bond acceptors (Lipinski definition) is 7. The number of rotatable bonds is 9. The molecular formula is C27H32N4O4. The highest BCUT2D eigenvalue weighted by Gasteiger charge is 2.26. The van der Waals surface area contributed by atoms with Crippen molar-refractivity contribution in [1.29, 1.82) is 0 Å². The molecule has 1 saturated heterocycles. The molecule has 0 amide bonds. The van der Waals surface area contributed by atoms with Crippen LogP contribution in [0.4, 0.5) is 0 Å². The zero-order valence-electron chi connectivity index (χ0n) is 20.5. The second-order valence-electron chi connectivity index (χ2n) is 9.03.